The molecule has 19 heavy (non-hydrogen) atoms. The number of hydrogen-bond acceptors (Lipinski definition) is 2. The second-order valence-corrected chi connectivity index (χ2v) is 5.38. The van der Waals surface area contributed by atoms with Crippen LogP contribution in [-0.4, -0.2) is 10.9 Å². The van der Waals surface area contributed by atoms with Crippen molar-refractivity contribution in [3.05, 3.63) is 42.1 Å². The Kier molecular flexibility index (Phi) is 2.97. The lowest BCUT2D eigenvalue weighted by Crippen LogP contribution is -2.42. The Labute approximate surface area is 112 Å². The Morgan fingerprint density at radius 3 is 2.63 bits per heavy atom. The second-order valence-electron chi connectivity index (χ2n) is 5.38. The van der Waals surface area contributed by atoms with Gasteiger partial charge in [0.25, 0.3) is 0 Å². The Bertz CT molecular complexity index is 610. The largest absolute Gasteiger partial charge is 0.369 e. The Balaban J connectivity index is 2.23. The lowest BCUT2D eigenvalue weighted by Gasteiger charge is -2.35. The van der Waals surface area contributed by atoms with Crippen LogP contribution in [0.4, 0.5) is 0 Å². The fourth-order valence-electron chi connectivity index (χ4n) is 3.32. The molecular formula is C16H18N2O. The fourth-order valence-corrected chi connectivity index (χ4v) is 3.32. The molecule has 2 aromatic rings. The third-order valence-corrected chi connectivity index (χ3v) is 4.34. The topological polar surface area (TPSA) is 56.0 Å². The van der Waals surface area contributed by atoms with Crippen LogP contribution in [0.5, 0.6) is 0 Å². The SMILES string of the molecule is NC(=O)C1(c2cccc3ncccc23)CCCCC1. The molecule has 1 fully saturated rings. The number of nitrogens with two attached hydrogens (primary N) is 1. The van der Waals surface area contributed by atoms with Gasteiger partial charge in [-0.3, -0.25) is 9.78 Å². The van der Waals surface area contributed by atoms with E-state index in [1.807, 2.05) is 30.3 Å². The molecule has 3 heteroatoms. The summed E-state index contributed by atoms with van der Waals surface area (Å²) in [6.07, 6.45) is 6.83. The minimum Gasteiger partial charge on any atom is -0.369 e. The first-order chi connectivity index (χ1) is 9.24. The number of primary amides is 1. The summed E-state index contributed by atoms with van der Waals surface area (Å²) in [6, 6.07) is 9.96. The number of aromatic nitrogens is 1. The van der Waals surface area contributed by atoms with Crippen LogP contribution in [0.3, 0.4) is 0 Å². The van der Waals surface area contributed by atoms with Crippen LogP contribution in [0.2, 0.25) is 0 Å². The smallest absolute Gasteiger partial charge is 0.228 e. The summed E-state index contributed by atoms with van der Waals surface area (Å²) < 4.78 is 0. The number of carbonyl (C=O) groups is 1. The molecule has 3 rings (SSSR count). The van der Waals surface area contributed by atoms with Gasteiger partial charge in [-0.15, -0.1) is 0 Å². The molecule has 1 heterocycles. The quantitative estimate of drug-likeness (QED) is 0.895. The van der Waals surface area contributed by atoms with Gasteiger partial charge in [-0.05, 0) is 30.5 Å². The first kappa shape index (κ1) is 12.2. The minimum absolute atomic E-state index is 0.191. The van der Waals surface area contributed by atoms with Crippen molar-refractivity contribution in [1.82, 2.24) is 4.98 Å². The molecule has 1 aromatic heterocycles. The highest BCUT2D eigenvalue weighted by atomic mass is 16.1. The van der Waals surface area contributed by atoms with Crippen LogP contribution < -0.4 is 5.73 Å². The van der Waals surface area contributed by atoms with Gasteiger partial charge in [-0.25, -0.2) is 0 Å². The van der Waals surface area contributed by atoms with Crippen LogP contribution >= 0.6 is 0 Å². The summed E-state index contributed by atoms with van der Waals surface area (Å²) in [5, 5.41) is 1.06. The molecule has 98 valence electrons. The van der Waals surface area contributed by atoms with E-state index in [1.54, 1.807) is 6.20 Å². The van der Waals surface area contributed by atoms with Crippen LogP contribution in [-0.2, 0) is 10.2 Å². The zero-order chi connectivity index (χ0) is 13.3. The Hall–Kier alpha value is -1.90. The molecule has 3 nitrogen and oxygen atoms in total. The molecule has 0 unspecified atom stereocenters. The molecule has 1 saturated carbocycles. The van der Waals surface area contributed by atoms with E-state index in [9.17, 15) is 4.79 Å². The Morgan fingerprint density at radius 2 is 1.89 bits per heavy atom. The monoisotopic (exact) mass is 254 g/mol. The minimum atomic E-state index is -0.499. The van der Waals surface area contributed by atoms with Gasteiger partial charge in [0.15, 0.2) is 0 Å². The summed E-state index contributed by atoms with van der Waals surface area (Å²) in [4.78, 5) is 16.5. The molecule has 0 saturated heterocycles. The molecule has 1 amide bonds. The van der Waals surface area contributed by atoms with Gasteiger partial charge in [0, 0.05) is 11.6 Å². The molecule has 0 radical (unpaired) electrons. The average Bonchev–Trinajstić information content (AvgIpc) is 2.47. The van der Waals surface area contributed by atoms with E-state index in [2.05, 4.69) is 4.98 Å². The van der Waals surface area contributed by atoms with E-state index in [4.69, 9.17) is 5.73 Å². The first-order valence-electron chi connectivity index (χ1n) is 6.88. The number of hydrogen-bond donors (Lipinski definition) is 1. The average molecular weight is 254 g/mol. The summed E-state index contributed by atoms with van der Waals surface area (Å²) in [5.41, 5.74) is 7.26. The third-order valence-electron chi connectivity index (χ3n) is 4.34. The highest BCUT2D eigenvalue weighted by molar-refractivity contribution is 5.94. The van der Waals surface area contributed by atoms with Crippen LogP contribution in [0.15, 0.2) is 36.5 Å². The molecule has 1 aromatic carbocycles. The van der Waals surface area contributed by atoms with Gasteiger partial charge in [-0.1, -0.05) is 37.5 Å². The third kappa shape index (κ3) is 1.89. The molecular weight excluding hydrogens is 236 g/mol. The van der Waals surface area contributed by atoms with Crippen molar-refractivity contribution < 1.29 is 4.79 Å². The van der Waals surface area contributed by atoms with Crippen molar-refractivity contribution in [2.24, 2.45) is 5.73 Å². The number of rotatable bonds is 2. The zero-order valence-electron chi connectivity index (χ0n) is 10.9. The van der Waals surface area contributed by atoms with Gasteiger partial charge in [0.05, 0.1) is 10.9 Å². The molecule has 0 aliphatic heterocycles. The van der Waals surface area contributed by atoms with Gasteiger partial charge in [0.2, 0.25) is 5.91 Å². The van der Waals surface area contributed by atoms with E-state index in [-0.39, 0.29) is 5.91 Å². The van der Waals surface area contributed by atoms with Crippen molar-refractivity contribution >= 4 is 16.8 Å². The second kappa shape index (κ2) is 4.65. The predicted molar refractivity (Wildman–Crippen MR) is 75.7 cm³/mol. The van der Waals surface area contributed by atoms with Crippen LogP contribution in [0.1, 0.15) is 37.7 Å². The molecule has 0 bridgehead atoms. The number of carbonyl (C=O) groups excluding carboxylic acids is 1. The highest BCUT2D eigenvalue weighted by Gasteiger charge is 2.40. The number of pyridine rings is 1. The summed E-state index contributed by atoms with van der Waals surface area (Å²) in [6.45, 7) is 0. The van der Waals surface area contributed by atoms with E-state index in [1.165, 1.54) is 6.42 Å². The fraction of sp³-hybridized carbons (Fsp3) is 0.375. The van der Waals surface area contributed by atoms with E-state index < -0.39 is 5.41 Å². The number of amides is 1. The first-order valence-corrected chi connectivity index (χ1v) is 6.88. The van der Waals surface area contributed by atoms with Crippen molar-refractivity contribution in [1.29, 1.82) is 0 Å². The maximum atomic E-state index is 12.1. The summed E-state index contributed by atoms with van der Waals surface area (Å²) in [7, 11) is 0. The molecule has 2 N–H and O–H groups in total. The maximum absolute atomic E-state index is 12.1. The zero-order valence-corrected chi connectivity index (χ0v) is 10.9. The molecule has 1 aliphatic rings. The lowest BCUT2D eigenvalue weighted by molar-refractivity contribution is -0.124. The molecule has 0 spiro atoms. The van der Waals surface area contributed by atoms with Gasteiger partial charge >= 0.3 is 0 Å². The molecule has 1 aliphatic carbocycles. The number of fused-ring (bicyclic) bond motifs is 1. The summed E-state index contributed by atoms with van der Waals surface area (Å²) >= 11 is 0. The highest BCUT2D eigenvalue weighted by Crippen LogP contribution is 2.41. The number of benzene rings is 1. The lowest BCUT2D eigenvalue weighted by atomic mass is 9.68. The van der Waals surface area contributed by atoms with E-state index in [0.717, 1.165) is 42.1 Å². The van der Waals surface area contributed by atoms with Crippen LogP contribution in [0, 0.1) is 0 Å². The van der Waals surface area contributed by atoms with Gasteiger partial charge in [0.1, 0.15) is 0 Å². The molecule has 0 atom stereocenters. The Morgan fingerprint density at radius 1 is 1.11 bits per heavy atom. The van der Waals surface area contributed by atoms with Gasteiger partial charge < -0.3 is 5.73 Å². The van der Waals surface area contributed by atoms with Crippen molar-refractivity contribution in [3.63, 3.8) is 0 Å². The standard InChI is InChI=1S/C16H18N2O/c17-15(19)16(9-2-1-3-10-16)13-7-4-8-14-12(13)6-5-11-18-14/h4-8,11H,1-3,9-10H2,(H2,17,19). The van der Waals surface area contributed by atoms with Crippen molar-refractivity contribution in [3.8, 4) is 0 Å². The van der Waals surface area contributed by atoms with Crippen LogP contribution in [0.25, 0.3) is 10.9 Å². The van der Waals surface area contributed by atoms with Gasteiger partial charge in [-0.2, -0.15) is 0 Å². The predicted octanol–water partition coefficient (Wildman–Crippen LogP) is 2.92. The van der Waals surface area contributed by atoms with E-state index in [0.29, 0.717) is 0 Å². The van der Waals surface area contributed by atoms with E-state index >= 15 is 0 Å². The van der Waals surface area contributed by atoms with Crippen molar-refractivity contribution in [2.45, 2.75) is 37.5 Å². The summed E-state index contributed by atoms with van der Waals surface area (Å²) in [5.74, 6) is -0.191. The number of nitrogens with zero attached hydrogens (tertiary/aromatic N) is 1. The normalized spacial score (nSPS) is 18.3. The van der Waals surface area contributed by atoms with Crippen molar-refractivity contribution in [2.75, 3.05) is 0 Å². The maximum Gasteiger partial charge on any atom is 0.228 e.